The lowest BCUT2D eigenvalue weighted by molar-refractivity contribution is 0.0868. The van der Waals surface area contributed by atoms with Gasteiger partial charge in [0.15, 0.2) is 0 Å². The number of carbonyl (C=O) groups is 1. The zero-order valence-electron chi connectivity index (χ0n) is 17.6. The van der Waals surface area contributed by atoms with Gasteiger partial charge in [0.05, 0.1) is 17.8 Å². The quantitative estimate of drug-likeness (QED) is 0.681. The molecule has 1 amide bonds. The molecule has 156 valence electrons. The van der Waals surface area contributed by atoms with Crippen molar-refractivity contribution in [2.45, 2.75) is 51.7 Å². The molecular formula is C23H27N5O2. The number of aliphatic hydroxyl groups is 1. The average molecular weight is 406 g/mol. The summed E-state index contributed by atoms with van der Waals surface area (Å²) >= 11 is 0. The third-order valence-electron chi connectivity index (χ3n) is 5.73. The Morgan fingerprint density at radius 2 is 2.10 bits per heavy atom. The minimum absolute atomic E-state index is 0.219. The molecule has 3 aromatic rings. The van der Waals surface area contributed by atoms with Crippen LogP contribution < -0.4 is 5.32 Å². The van der Waals surface area contributed by atoms with E-state index >= 15 is 0 Å². The van der Waals surface area contributed by atoms with Crippen LogP contribution in [0.15, 0.2) is 36.7 Å². The number of nitrogens with one attached hydrogen (secondary N) is 1. The van der Waals surface area contributed by atoms with E-state index < -0.39 is 6.10 Å². The van der Waals surface area contributed by atoms with Gasteiger partial charge in [-0.15, -0.1) is 0 Å². The minimum Gasteiger partial charge on any atom is -0.391 e. The minimum atomic E-state index is -0.493. The first kappa shape index (κ1) is 20.2. The molecule has 1 aliphatic carbocycles. The van der Waals surface area contributed by atoms with Crippen LogP contribution >= 0.6 is 0 Å². The first-order valence-electron chi connectivity index (χ1n) is 10.3. The number of aliphatic hydroxyl groups excluding tert-OH is 1. The van der Waals surface area contributed by atoms with Crippen molar-refractivity contribution in [2.75, 3.05) is 0 Å². The third kappa shape index (κ3) is 4.26. The van der Waals surface area contributed by atoms with Crippen LogP contribution in [0.1, 0.15) is 52.1 Å². The van der Waals surface area contributed by atoms with Crippen molar-refractivity contribution in [3.05, 3.63) is 64.7 Å². The summed E-state index contributed by atoms with van der Waals surface area (Å²) < 4.78 is 1.72. The molecule has 1 saturated carbocycles. The molecule has 0 aromatic carbocycles. The SMILES string of the molecule is Cc1ccc(Cc2cc(C(=O)N[C@H]3CCC[C@@H]3O)nc(-c3ccn(C)n3)c2C)cn1. The molecule has 7 heteroatoms. The highest BCUT2D eigenvalue weighted by atomic mass is 16.3. The van der Waals surface area contributed by atoms with Gasteiger partial charge in [-0.25, -0.2) is 4.98 Å². The molecule has 1 fully saturated rings. The van der Waals surface area contributed by atoms with Gasteiger partial charge < -0.3 is 10.4 Å². The Labute approximate surface area is 176 Å². The third-order valence-corrected chi connectivity index (χ3v) is 5.73. The Kier molecular flexibility index (Phi) is 5.63. The fourth-order valence-electron chi connectivity index (χ4n) is 3.93. The lowest BCUT2D eigenvalue weighted by Crippen LogP contribution is -2.40. The smallest absolute Gasteiger partial charge is 0.270 e. The van der Waals surface area contributed by atoms with Crippen LogP contribution in [0.3, 0.4) is 0 Å². The van der Waals surface area contributed by atoms with Gasteiger partial charge >= 0.3 is 0 Å². The van der Waals surface area contributed by atoms with E-state index in [1.807, 2.05) is 51.5 Å². The van der Waals surface area contributed by atoms with Gasteiger partial charge in [-0.05, 0) is 74.4 Å². The largest absolute Gasteiger partial charge is 0.391 e. The molecular weight excluding hydrogens is 378 g/mol. The maximum atomic E-state index is 13.0. The number of pyridine rings is 2. The summed E-state index contributed by atoms with van der Waals surface area (Å²) in [5.74, 6) is -0.263. The molecule has 4 rings (SSSR count). The second kappa shape index (κ2) is 8.36. The molecule has 0 aliphatic heterocycles. The predicted molar refractivity (Wildman–Crippen MR) is 114 cm³/mol. The number of aromatic nitrogens is 4. The number of rotatable bonds is 5. The summed E-state index contributed by atoms with van der Waals surface area (Å²) in [5.41, 5.74) is 5.81. The van der Waals surface area contributed by atoms with Crippen LogP contribution in [0.5, 0.6) is 0 Å². The molecule has 7 nitrogen and oxygen atoms in total. The predicted octanol–water partition coefficient (Wildman–Crippen LogP) is 2.73. The van der Waals surface area contributed by atoms with E-state index in [1.54, 1.807) is 4.68 Å². The van der Waals surface area contributed by atoms with E-state index in [2.05, 4.69) is 26.4 Å². The lowest BCUT2D eigenvalue weighted by atomic mass is 9.98. The van der Waals surface area contributed by atoms with Crippen molar-refractivity contribution >= 4 is 5.91 Å². The first-order valence-corrected chi connectivity index (χ1v) is 10.3. The van der Waals surface area contributed by atoms with Gasteiger partial charge in [0.1, 0.15) is 11.4 Å². The Morgan fingerprint density at radius 1 is 1.27 bits per heavy atom. The standard InChI is InChI=1S/C23H27N5O2/c1-14-7-8-16(13-24-14)11-17-12-20(23(30)26-18-5-4-6-21(18)29)25-22(15(17)2)19-9-10-28(3)27-19/h7-10,12-13,18,21,29H,4-6,11H2,1-3H3,(H,26,30)/t18-,21-/m0/s1. The number of nitrogens with zero attached hydrogens (tertiary/aromatic N) is 4. The number of hydrogen-bond donors (Lipinski definition) is 2. The zero-order chi connectivity index (χ0) is 21.3. The highest BCUT2D eigenvalue weighted by Gasteiger charge is 2.28. The van der Waals surface area contributed by atoms with Crippen molar-refractivity contribution in [1.29, 1.82) is 0 Å². The van der Waals surface area contributed by atoms with E-state index in [0.717, 1.165) is 47.3 Å². The van der Waals surface area contributed by atoms with Crippen molar-refractivity contribution in [3.8, 4) is 11.4 Å². The van der Waals surface area contributed by atoms with Crippen LogP contribution in [0, 0.1) is 13.8 Å². The molecule has 3 aromatic heterocycles. The molecule has 3 heterocycles. The Bertz CT molecular complexity index is 1060. The van der Waals surface area contributed by atoms with Gasteiger partial charge in [-0.2, -0.15) is 5.10 Å². The maximum Gasteiger partial charge on any atom is 0.270 e. The van der Waals surface area contributed by atoms with Crippen LogP contribution in [0.25, 0.3) is 11.4 Å². The Hall–Kier alpha value is -3.06. The molecule has 1 aliphatic rings. The molecule has 2 N–H and O–H groups in total. The summed E-state index contributed by atoms with van der Waals surface area (Å²) in [5, 5.41) is 17.5. The van der Waals surface area contributed by atoms with E-state index in [0.29, 0.717) is 17.8 Å². The number of amides is 1. The molecule has 0 saturated heterocycles. The van der Waals surface area contributed by atoms with Crippen molar-refractivity contribution in [3.63, 3.8) is 0 Å². The van der Waals surface area contributed by atoms with Gasteiger partial charge in [0.25, 0.3) is 5.91 Å². The average Bonchev–Trinajstić information content (AvgIpc) is 3.33. The molecule has 0 spiro atoms. The van der Waals surface area contributed by atoms with Crippen LogP contribution in [-0.4, -0.2) is 42.9 Å². The highest BCUT2D eigenvalue weighted by Crippen LogP contribution is 2.26. The second-order valence-corrected chi connectivity index (χ2v) is 8.08. The molecule has 0 bridgehead atoms. The fourth-order valence-corrected chi connectivity index (χ4v) is 3.93. The molecule has 30 heavy (non-hydrogen) atoms. The first-order chi connectivity index (χ1) is 14.4. The molecule has 2 atom stereocenters. The van der Waals surface area contributed by atoms with Crippen LogP contribution in [-0.2, 0) is 13.5 Å². The number of hydrogen-bond acceptors (Lipinski definition) is 5. The van der Waals surface area contributed by atoms with Gasteiger partial charge in [0.2, 0.25) is 0 Å². The van der Waals surface area contributed by atoms with Gasteiger partial charge in [-0.1, -0.05) is 6.07 Å². The fraction of sp³-hybridized carbons (Fsp3) is 0.391. The van der Waals surface area contributed by atoms with Gasteiger partial charge in [0, 0.05) is 25.1 Å². The highest BCUT2D eigenvalue weighted by molar-refractivity contribution is 5.93. The summed E-state index contributed by atoms with van der Waals surface area (Å²) in [7, 11) is 1.86. The zero-order valence-corrected chi connectivity index (χ0v) is 17.6. The summed E-state index contributed by atoms with van der Waals surface area (Å²) in [6.45, 7) is 3.97. The number of carbonyl (C=O) groups excluding carboxylic acids is 1. The lowest BCUT2D eigenvalue weighted by Gasteiger charge is -2.17. The van der Waals surface area contributed by atoms with Crippen molar-refractivity contribution in [2.24, 2.45) is 7.05 Å². The summed E-state index contributed by atoms with van der Waals surface area (Å²) in [6, 6.07) is 7.56. The van der Waals surface area contributed by atoms with E-state index in [-0.39, 0.29) is 11.9 Å². The Balaban J connectivity index is 1.71. The summed E-state index contributed by atoms with van der Waals surface area (Å²) in [6.07, 6.45) is 6.30. The van der Waals surface area contributed by atoms with E-state index in [4.69, 9.17) is 0 Å². The maximum absolute atomic E-state index is 13.0. The monoisotopic (exact) mass is 405 g/mol. The number of aryl methyl sites for hydroxylation is 2. The van der Waals surface area contributed by atoms with Crippen molar-refractivity contribution < 1.29 is 9.90 Å². The van der Waals surface area contributed by atoms with Crippen LogP contribution in [0.4, 0.5) is 0 Å². The topological polar surface area (TPSA) is 92.9 Å². The Morgan fingerprint density at radius 3 is 2.73 bits per heavy atom. The van der Waals surface area contributed by atoms with E-state index in [9.17, 15) is 9.90 Å². The molecule has 0 unspecified atom stereocenters. The second-order valence-electron chi connectivity index (χ2n) is 8.08. The van der Waals surface area contributed by atoms with E-state index in [1.165, 1.54) is 0 Å². The van der Waals surface area contributed by atoms with Crippen LogP contribution in [0.2, 0.25) is 0 Å². The normalized spacial score (nSPS) is 18.5. The van der Waals surface area contributed by atoms with Gasteiger partial charge in [-0.3, -0.25) is 14.5 Å². The molecule has 0 radical (unpaired) electrons. The van der Waals surface area contributed by atoms with Crippen molar-refractivity contribution in [1.82, 2.24) is 25.1 Å². The summed E-state index contributed by atoms with van der Waals surface area (Å²) in [4.78, 5) is 22.0.